The van der Waals surface area contributed by atoms with Crippen molar-refractivity contribution in [3.8, 4) is 0 Å². The highest BCUT2D eigenvalue weighted by molar-refractivity contribution is 6.31. The van der Waals surface area contributed by atoms with E-state index in [0.717, 1.165) is 5.56 Å². The van der Waals surface area contributed by atoms with Crippen LogP contribution in [-0.2, 0) is 11.3 Å². The average Bonchev–Trinajstić information content (AvgIpc) is 2.15. The average molecular weight is 241 g/mol. The minimum Gasteiger partial charge on any atom is -0.366 e. The summed E-state index contributed by atoms with van der Waals surface area (Å²) in [5, 5.41) is 3.12. The van der Waals surface area contributed by atoms with E-state index in [9.17, 15) is 9.59 Å². The summed E-state index contributed by atoms with van der Waals surface area (Å²) in [6, 6.07) is 3.27. The molecule has 0 aliphatic carbocycles. The molecule has 0 spiro atoms. The molecule has 16 heavy (non-hydrogen) atoms. The van der Waals surface area contributed by atoms with Crippen LogP contribution in [0.3, 0.4) is 0 Å². The van der Waals surface area contributed by atoms with E-state index in [1.807, 2.05) is 0 Å². The maximum atomic E-state index is 11.1. The van der Waals surface area contributed by atoms with Gasteiger partial charge < -0.3 is 11.1 Å². The van der Waals surface area contributed by atoms with Crippen LogP contribution < -0.4 is 11.1 Å². The number of hydrogen-bond donors (Lipinski definition) is 2. The number of benzene rings is 1. The van der Waals surface area contributed by atoms with Gasteiger partial charge in [-0.3, -0.25) is 9.59 Å². The Balaban J connectivity index is 3.05. The maximum Gasteiger partial charge on any atom is 0.248 e. The first kappa shape index (κ1) is 12.5. The van der Waals surface area contributed by atoms with E-state index in [1.54, 1.807) is 19.1 Å². The summed E-state index contributed by atoms with van der Waals surface area (Å²) in [4.78, 5) is 21.9. The zero-order chi connectivity index (χ0) is 12.3. The molecule has 5 heteroatoms. The summed E-state index contributed by atoms with van der Waals surface area (Å²) in [6.45, 7) is 3.46. The van der Waals surface area contributed by atoms with Crippen molar-refractivity contribution in [2.45, 2.75) is 20.4 Å². The van der Waals surface area contributed by atoms with Crippen LogP contribution in [0.1, 0.15) is 28.4 Å². The van der Waals surface area contributed by atoms with Gasteiger partial charge >= 0.3 is 0 Å². The van der Waals surface area contributed by atoms with Crippen molar-refractivity contribution in [3.05, 3.63) is 33.8 Å². The molecule has 0 saturated heterocycles. The molecule has 86 valence electrons. The van der Waals surface area contributed by atoms with Crippen LogP contribution in [0.25, 0.3) is 0 Å². The molecular formula is C11H13ClN2O2. The molecule has 1 rings (SSSR count). The van der Waals surface area contributed by atoms with Gasteiger partial charge in [0, 0.05) is 24.1 Å². The van der Waals surface area contributed by atoms with Crippen molar-refractivity contribution in [2.24, 2.45) is 5.73 Å². The van der Waals surface area contributed by atoms with Crippen LogP contribution in [0, 0.1) is 6.92 Å². The molecule has 0 bridgehead atoms. The first-order chi connectivity index (χ1) is 7.41. The van der Waals surface area contributed by atoms with Gasteiger partial charge in [0.1, 0.15) is 0 Å². The van der Waals surface area contributed by atoms with Crippen molar-refractivity contribution in [3.63, 3.8) is 0 Å². The van der Waals surface area contributed by atoms with Crippen molar-refractivity contribution >= 4 is 23.4 Å². The normalized spacial score (nSPS) is 9.94. The Morgan fingerprint density at radius 3 is 2.56 bits per heavy atom. The fourth-order valence-corrected chi connectivity index (χ4v) is 1.62. The minimum absolute atomic E-state index is 0.155. The van der Waals surface area contributed by atoms with Crippen LogP contribution in [0.5, 0.6) is 0 Å². The number of carbonyl (C=O) groups is 2. The van der Waals surface area contributed by atoms with Crippen LogP contribution in [0.15, 0.2) is 12.1 Å². The number of hydrogen-bond acceptors (Lipinski definition) is 2. The zero-order valence-corrected chi connectivity index (χ0v) is 9.89. The van der Waals surface area contributed by atoms with Crippen LogP contribution in [0.2, 0.25) is 5.02 Å². The summed E-state index contributed by atoms with van der Waals surface area (Å²) >= 11 is 5.99. The summed E-state index contributed by atoms with van der Waals surface area (Å²) < 4.78 is 0. The first-order valence-corrected chi connectivity index (χ1v) is 5.13. The van der Waals surface area contributed by atoms with E-state index in [-0.39, 0.29) is 12.5 Å². The minimum atomic E-state index is -0.502. The molecule has 4 nitrogen and oxygen atoms in total. The molecule has 0 saturated carbocycles. The summed E-state index contributed by atoms with van der Waals surface area (Å²) in [6.07, 6.45) is 0. The summed E-state index contributed by atoms with van der Waals surface area (Å²) in [5.41, 5.74) is 7.04. The lowest BCUT2D eigenvalue weighted by atomic mass is 10.0. The molecule has 1 aromatic rings. The Kier molecular flexibility index (Phi) is 3.90. The second-order valence-electron chi connectivity index (χ2n) is 3.53. The number of rotatable bonds is 3. The number of amides is 2. The van der Waals surface area contributed by atoms with Gasteiger partial charge in [0.25, 0.3) is 0 Å². The van der Waals surface area contributed by atoms with Crippen molar-refractivity contribution in [1.29, 1.82) is 0 Å². The predicted octanol–water partition coefficient (Wildman–Crippen LogP) is 1.38. The fraction of sp³-hybridized carbons (Fsp3) is 0.273. The third kappa shape index (κ3) is 2.97. The van der Waals surface area contributed by atoms with E-state index in [0.29, 0.717) is 16.1 Å². The topological polar surface area (TPSA) is 72.2 Å². The van der Waals surface area contributed by atoms with Gasteiger partial charge in [-0.15, -0.1) is 0 Å². The number of halogens is 1. The van der Waals surface area contributed by atoms with E-state index in [2.05, 4.69) is 5.32 Å². The summed E-state index contributed by atoms with van der Waals surface area (Å²) in [7, 11) is 0. The molecule has 0 radical (unpaired) electrons. The quantitative estimate of drug-likeness (QED) is 0.838. The Labute approximate surface area is 98.8 Å². The van der Waals surface area contributed by atoms with E-state index < -0.39 is 5.91 Å². The van der Waals surface area contributed by atoms with Crippen LogP contribution >= 0.6 is 11.6 Å². The summed E-state index contributed by atoms with van der Waals surface area (Å²) in [5.74, 6) is -0.657. The highest BCUT2D eigenvalue weighted by Crippen LogP contribution is 2.21. The van der Waals surface area contributed by atoms with Gasteiger partial charge in [0.05, 0.1) is 0 Å². The Morgan fingerprint density at radius 2 is 2.06 bits per heavy atom. The van der Waals surface area contributed by atoms with E-state index in [1.165, 1.54) is 6.92 Å². The molecule has 0 atom stereocenters. The van der Waals surface area contributed by atoms with E-state index in [4.69, 9.17) is 17.3 Å². The maximum absolute atomic E-state index is 11.1. The number of aryl methyl sites for hydroxylation is 1. The standard InChI is InChI=1S/C11H13ClN2O2/c1-6-3-10(12)8(5-14-7(2)15)4-9(6)11(13)16/h3-4H,5H2,1-2H3,(H2,13,16)(H,14,15). The van der Waals surface area contributed by atoms with Gasteiger partial charge in [0.2, 0.25) is 11.8 Å². The molecule has 3 N–H and O–H groups in total. The second kappa shape index (κ2) is 4.99. The molecule has 0 unspecified atom stereocenters. The van der Waals surface area contributed by atoms with Crippen LogP contribution in [-0.4, -0.2) is 11.8 Å². The van der Waals surface area contributed by atoms with E-state index >= 15 is 0 Å². The monoisotopic (exact) mass is 240 g/mol. The highest BCUT2D eigenvalue weighted by atomic mass is 35.5. The number of nitrogens with one attached hydrogen (secondary N) is 1. The van der Waals surface area contributed by atoms with Gasteiger partial charge in [-0.2, -0.15) is 0 Å². The van der Waals surface area contributed by atoms with Gasteiger partial charge in [-0.25, -0.2) is 0 Å². The molecule has 0 fully saturated rings. The van der Waals surface area contributed by atoms with Crippen molar-refractivity contribution in [2.75, 3.05) is 0 Å². The van der Waals surface area contributed by atoms with Gasteiger partial charge in [0.15, 0.2) is 0 Å². The fourth-order valence-electron chi connectivity index (χ4n) is 1.34. The highest BCUT2D eigenvalue weighted by Gasteiger charge is 2.10. The van der Waals surface area contributed by atoms with Gasteiger partial charge in [-0.1, -0.05) is 11.6 Å². The SMILES string of the molecule is CC(=O)NCc1cc(C(N)=O)c(C)cc1Cl. The zero-order valence-electron chi connectivity index (χ0n) is 9.13. The second-order valence-corrected chi connectivity index (χ2v) is 3.94. The lowest BCUT2D eigenvalue weighted by Gasteiger charge is -2.09. The molecular weight excluding hydrogens is 228 g/mol. The third-order valence-electron chi connectivity index (χ3n) is 2.19. The third-order valence-corrected chi connectivity index (χ3v) is 2.54. The van der Waals surface area contributed by atoms with Gasteiger partial charge in [-0.05, 0) is 30.2 Å². The Morgan fingerprint density at radius 1 is 1.44 bits per heavy atom. The predicted molar refractivity (Wildman–Crippen MR) is 62.2 cm³/mol. The first-order valence-electron chi connectivity index (χ1n) is 4.75. The van der Waals surface area contributed by atoms with Crippen molar-refractivity contribution < 1.29 is 9.59 Å². The number of nitrogens with two attached hydrogens (primary N) is 1. The van der Waals surface area contributed by atoms with Crippen molar-refractivity contribution in [1.82, 2.24) is 5.32 Å². The van der Waals surface area contributed by atoms with Crippen LogP contribution in [0.4, 0.5) is 0 Å². The lowest BCUT2D eigenvalue weighted by Crippen LogP contribution is -2.20. The number of primary amides is 1. The Hall–Kier alpha value is -1.55. The lowest BCUT2D eigenvalue weighted by molar-refractivity contribution is -0.119. The molecule has 1 aromatic carbocycles. The smallest absolute Gasteiger partial charge is 0.248 e. The molecule has 0 heterocycles. The largest absolute Gasteiger partial charge is 0.366 e. The molecule has 0 aliphatic rings. The molecule has 0 aliphatic heterocycles. The molecule has 2 amide bonds. The molecule has 0 aromatic heterocycles. The Bertz CT molecular complexity index is 444. The number of carbonyl (C=O) groups excluding carboxylic acids is 2.